The minimum Gasteiger partial charge on any atom is -0.323 e. The standard InChI is InChI=1S/C20H14F2N4OS/c21-14-7-5-13(6-8-14)17-11-18-20(23-9-10-26(18)25-17)28-12-19(27)24-16-4-2-1-3-15(16)22/h1-11H,12H2,(H,24,27). The van der Waals surface area contributed by atoms with Crippen molar-refractivity contribution in [3.8, 4) is 11.3 Å². The highest BCUT2D eigenvalue weighted by atomic mass is 32.2. The normalized spacial score (nSPS) is 10.9. The zero-order valence-electron chi connectivity index (χ0n) is 14.5. The van der Waals surface area contributed by atoms with Crippen molar-refractivity contribution in [2.75, 3.05) is 11.1 Å². The predicted molar refractivity (Wildman–Crippen MR) is 104 cm³/mol. The fraction of sp³-hybridized carbons (Fsp3) is 0.0500. The third kappa shape index (κ3) is 3.86. The first-order valence-corrected chi connectivity index (χ1v) is 9.36. The molecule has 1 N–H and O–H groups in total. The molecule has 0 unspecified atom stereocenters. The Morgan fingerprint density at radius 2 is 1.89 bits per heavy atom. The molecule has 0 saturated heterocycles. The van der Waals surface area contributed by atoms with E-state index in [4.69, 9.17) is 0 Å². The molecule has 2 heterocycles. The number of nitrogens with zero attached hydrogens (tertiary/aromatic N) is 3. The summed E-state index contributed by atoms with van der Waals surface area (Å²) in [6, 6.07) is 13.9. The molecule has 2 aromatic heterocycles. The van der Waals surface area contributed by atoms with Crippen LogP contribution in [0.15, 0.2) is 72.0 Å². The van der Waals surface area contributed by atoms with Crippen LogP contribution in [0.3, 0.4) is 0 Å². The lowest BCUT2D eigenvalue weighted by Crippen LogP contribution is -2.15. The molecule has 0 aliphatic carbocycles. The Morgan fingerprint density at radius 3 is 2.68 bits per heavy atom. The van der Waals surface area contributed by atoms with Crippen molar-refractivity contribution < 1.29 is 13.6 Å². The molecule has 0 radical (unpaired) electrons. The smallest absolute Gasteiger partial charge is 0.234 e. The first-order chi connectivity index (χ1) is 13.6. The fourth-order valence-electron chi connectivity index (χ4n) is 2.65. The number of amides is 1. The highest BCUT2D eigenvalue weighted by Gasteiger charge is 2.12. The zero-order valence-corrected chi connectivity index (χ0v) is 15.3. The fourth-order valence-corrected chi connectivity index (χ4v) is 3.43. The number of benzene rings is 2. The number of fused-ring (bicyclic) bond motifs is 1. The van der Waals surface area contributed by atoms with Gasteiger partial charge in [-0.2, -0.15) is 5.10 Å². The molecule has 0 aliphatic heterocycles. The van der Waals surface area contributed by atoms with Crippen LogP contribution in [0.1, 0.15) is 0 Å². The van der Waals surface area contributed by atoms with Gasteiger partial charge in [0.25, 0.3) is 0 Å². The van der Waals surface area contributed by atoms with E-state index in [9.17, 15) is 13.6 Å². The van der Waals surface area contributed by atoms with E-state index in [-0.39, 0.29) is 23.2 Å². The molecule has 8 heteroatoms. The summed E-state index contributed by atoms with van der Waals surface area (Å²) in [5, 5.41) is 7.63. The Balaban J connectivity index is 1.51. The second kappa shape index (κ2) is 7.77. The molecule has 1 amide bonds. The number of aromatic nitrogens is 3. The minimum absolute atomic E-state index is 0.0675. The summed E-state index contributed by atoms with van der Waals surface area (Å²) in [4.78, 5) is 16.5. The van der Waals surface area contributed by atoms with Crippen LogP contribution >= 0.6 is 11.8 Å². The van der Waals surface area contributed by atoms with E-state index in [0.29, 0.717) is 10.7 Å². The second-order valence-electron chi connectivity index (χ2n) is 5.92. The van der Waals surface area contributed by atoms with Gasteiger partial charge in [-0.1, -0.05) is 23.9 Å². The number of carbonyl (C=O) groups excluding carboxylic acids is 1. The molecule has 28 heavy (non-hydrogen) atoms. The minimum atomic E-state index is -0.485. The van der Waals surface area contributed by atoms with E-state index in [2.05, 4.69) is 15.4 Å². The highest BCUT2D eigenvalue weighted by Crippen LogP contribution is 2.26. The van der Waals surface area contributed by atoms with Crippen molar-refractivity contribution in [3.05, 3.63) is 78.6 Å². The Hall–Kier alpha value is -3.26. The van der Waals surface area contributed by atoms with E-state index in [1.807, 2.05) is 6.07 Å². The number of rotatable bonds is 5. The van der Waals surface area contributed by atoms with Crippen molar-refractivity contribution in [3.63, 3.8) is 0 Å². The van der Waals surface area contributed by atoms with Gasteiger partial charge in [0.2, 0.25) is 5.91 Å². The van der Waals surface area contributed by atoms with Gasteiger partial charge >= 0.3 is 0 Å². The number of halogens is 2. The molecular formula is C20H14F2N4OS. The molecule has 0 bridgehead atoms. The Labute approximate surface area is 163 Å². The predicted octanol–water partition coefficient (Wildman–Crippen LogP) is 4.41. The SMILES string of the molecule is O=C(CSc1nccn2nc(-c3ccc(F)cc3)cc12)Nc1ccccc1F. The molecule has 0 atom stereocenters. The topological polar surface area (TPSA) is 59.3 Å². The summed E-state index contributed by atoms with van der Waals surface area (Å²) >= 11 is 1.23. The van der Waals surface area contributed by atoms with Crippen molar-refractivity contribution in [2.45, 2.75) is 5.03 Å². The van der Waals surface area contributed by atoms with Crippen LogP contribution in [0.4, 0.5) is 14.5 Å². The van der Waals surface area contributed by atoms with E-state index in [0.717, 1.165) is 11.1 Å². The number of thioether (sulfide) groups is 1. The molecule has 5 nitrogen and oxygen atoms in total. The number of hydrogen-bond acceptors (Lipinski definition) is 4. The van der Waals surface area contributed by atoms with E-state index in [1.54, 1.807) is 41.2 Å². The van der Waals surface area contributed by atoms with E-state index >= 15 is 0 Å². The maximum absolute atomic E-state index is 13.6. The molecule has 140 valence electrons. The highest BCUT2D eigenvalue weighted by molar-refractivity contribution is 8.00. The van der Waals surface area contributed by atoms with Crippen LogP contribution in [-0.2, 0) is 4.79 Å². The van der Waals surface area contributed by atoms with E-state index < -0.39 is 5.82 Å². The van der Waals surface area contributed by atoms with Crippen LogP contribution in [0.2, 0.25) is 0 Å². The molecule has 4 rings (SSSR count). The van der Waals surface area contributed by atoms with Gasteiger partial charge in [0.1, 0.15) is 16.7 Å². The molecule has 0 saturated carbocycles. The molecule has 0 fully saturated rings. The molecule has 0 spiro atoms. The average Bonchev–Trinajstić information content (AvgIpc) is 3.13. The number of nitrogens with one attached hydrogen (secondary N) is 1. The summed E-state index contributed by atoms with van der Waals surface area (Å²) in [7, 11) is 0. The van der Waals surface area contributed by atoms with Crippen LogP contribution in [0.5, 0.6) is 0 Å². The lowest BCUT2D eigenvalue weighted by Gasteiger charge is -2.06. The van der Waals surface area contributed by atoms with Crippen LogP contribution in [-0.4, -0.2) is 26.3 Å². The molecule has 0 aliphatic rings. The van der Waals surface area contributed by atoms with Gasteiger partial charge in [0.15, 0.2) is 0 Å². The largest absolute Gasteiger partial charge is 0.323 e. The number of anilines is 1. The number of hydrogen-bond donors (Lipinski definition) is 1. The second-order valence-corrected chi connectivity index (χ2v) is 6.88. The summed E-state index contributed by atoms with van der Waals surface area (Å²) in [6.07, 6.45) is 3.29. The summed E-state index contributed by atoms with van der Waals surface area (Å²) in [5.41, 5.74) is 2.32. The van der Waals surface area contributed by atoms with Crippen molar-refractivity contribution in [2.24, 2.45) is 0 Å². The molecule has 4 aromatic rings. The molecular weight excluding hydrogens is 382 g/mol. The summed E-state index contributed by atoms with van der Waals surface area (Å²) < 4.78 is 28.4. The third-order valence-electron chi connectivity index (χ3n) is 3.98. The summed E-state index contributed by atoms with van der Waals surface area (Å²) in [6.45, 7) is 0. The Kier molecular flexibility index (Phi) is 5.03. The Morgan fingerprint density at radius 1 is 1.11 bits per heavy atom. The first kappa shape index (κ1) is 18.1. The average molecular weight is 396 g/mol. The lowest BCUT2D eigenvalue weighted by atomic mass is 10.1. The lowest BCUT2D eigenvalue weighted by molar-refractivity contribution is -0.113. The third-order valence-corrected chi connectivity index (χ3v) is 4.98. The van der Waals surface area contributed by atoms with Gasteiger partial charge in [-0.15, -0.1) is 0 Å². The van der Waals surface area contributed by atoms with Gasteiger partial charge in [-0.25, -0.2) is 18.3 Å². The summed E-state index contributed by atoms with van der Waals surface area (Å²) in [5.74, 6) is -1.07. The maximum atomic E-state index is 13.6. The van der Waals surface area contributed by atoms with Crippen LogP contribution < -0.4 is 5.32 Å². The van der Waals surface area contributed by atoms with Gasteiger partial charge in [0, 0.05) is 18.0 Å². The van der Waals surface area contributed by atoms with Crippen molar-refractivity contribution in [1.29, 1.82) is 0 Å². The monoisotopic (exact) mass is 396 g/mol. The van der Waals surface area contributed by atoms with Crippen molar-refractivity contribution in [1.82, 2.24) is 14.6 Å². The van der Waals surface area contributed by atoms with E-state index in [1.165, 1.54) is 36.0 Å². The van der Waals surface area contributed by atoms with Crippen LogP contribution in [0, 0.1) is 11.6 Å². The number of para-hydroxylation sites is 1. The van der Waals surface area contributed by atoms with Crippen molar-refractivity contribution >= 4 is 28.9 Å². The van der Waals surface area contributed by atoms with Crippen LogP contribution in [0.25, 0.3) is 16.8 Å². The van der Waals surface area contributed by atoms with Gasteiger partial charge in [-0.05, 0) is 42.5 Å². The van der Waals surface area contributed by atoms with Gasteiger partial charge in [-0.3, -0.25) is 4.79 Å². The maximum Gasteiger partial charge on any atom is 0.234 e. The Bertz CT molecular complexity index is 1140. The quantitative estimate of drug-likeness (QED) is 0.508. The van der Waals surface area contributed by atoms with Gasteiger partial charge in [0.05, 0.1) is 22.7 Å². The molecule has 2 aromatic carbocycles. The first-order valence-electron chi connectivity index (χ1n) is 8.38. The zero-order chi connectivity index (χ0) is 19.5. The van der Waals surface area contributed by atoms with Gasteiger partial charge < -0.3 is 5.32 Å². The number of carbonyl (C=O) groups is 1.